The van der Waals surface area contributed by atoms with Crippen LogP contribution in [0.3, 0.4) is 0 Å². The molecule has 0 unspecified atom stereocenters. The summed E-state index contributed by atoms with van der Waals surface area (Å²) < 4.78 is 0. The maximum atomic E-state index is 2.42. The van der Waals surface area contributed by atoms with Gasteiger partial charge in [-0.15, -0.1) is 0 Å². The summed E-state index contributed by atoms with van der Waals surface area (Å²) in [6, 6.07) is 11.6. The lowest BCUT2D eigenvalue weighted by atomic mass is 9.88. The molecule has 0 saturated carbocycles. The van der Waals surface area contributed by atoms with Gasteiger partial charge in [0.05, 0.1) is 0 Å². The fourth-order valence-electron chi connectivity index (χ4n) is 3.68. The Hall–Kier alpha value is -1.82. The summed E-state index contributed by atoms with van der Waals surface area (Å²) in [7, 11) is 0. The third-order valence-electron chi connectivity index (χ3n) is 4.80. The van der Waals surface area contributed by atoms with Crippen LogP contribution in [0.1, 0.15) is 36.5 Å². The van der Waals surface area contributed by atoms with E-state index in [0.29, 0.717) is 0 Å². The van der Waals surface area contributed by atoms with E-state index in [1.165, 1.54) is 45.7 Å². The second-order valence-electron chi connectivity index (χ2n) is 5.94. The molecule has 0 nitrogen and oxygen atoms in total. The number of aryl methyl sites for hydroxylation is 1. The number of benzene rings is 2. The van der Waals surface area contributed by atoms with Crippen molar-refractivity contribution in [3.8, 4) is 0 Å². The zero-order valence-corrected chi connectivity index (χ0v) is 12.1. The van der Waals surface area contributed by atoms with E-state index in [-0.39, 0.29) is 0 Å². The Morgan fingerprint density at radius 1 is 0.900 bits per heavy atom. The zero-order chi connectivity index (χ0) is 13.5. The highest BCUT2D eigenvalue weighted by atomic mass is 14.2. The van der Waals surface area contributed by atoms with Crippen LogP contribution in [-0.2, 0) is 19.3 Å². The monoisotopic (exact) mass is 260 g/mol. The predicted octanol–water partition coefficient (Wildman–Crippen LogP) is 2.99. The molecular weight excluding hydrogens is 240 g/mol. The summed E-state index contributed by atoms with van der Waals surface area (Å²) in [5.74, 6) is 0. The van der Waals surface area contributed by atoms with Gasteiger partial charge in [-0.1, -0.05) is 49.4 Å². The molecule has 2 aliphatic rings. The predicted molar refractivity (Wildman–Crippen MR) is 84.8 cm³/mol. The minimum absolute atomic E-state index is 1.10. The average molecular weight is 260 g/mol. The molecule has 100 valence electrons. The van der Waals surface area contributed by atoms with Gasteiger partial charge >= 0.3 is 0 Å². The van der Waals surface area contributed by atoms with Gasteiger partial charge in [-0.05, 0) is 69.7 Å². The van der Waals surface area contributed by atoms with E-state index >= 15 is 0 Å². The number of fused-ring (bicyclic) bond motifs is 4. The molecule has 0 N–H and O–H groups in total. The molecule has 0 amide bonds. The summed E-state index contributed by atoms with van der Waals surface area (Å²) in [5, 5.41) is 5.81. The van der Waals surface area contributed by atoms with Crippen molar-refractivity contribution >= 4 is 12.2 Å². The first-order valence-corrected chi connectivity index (χ1v) is 7.81. The standard InChI is InChI=1S/C20H20/c1-2-14-7-10-18-16(13-14)9-12-19-17-6-4-3-5-15(17)8-11-20(18)19/h5,7-11,13H,2-4,6,12H2,1H3. The van der Waals surface area contributed by atoms with Gasteiger partial charge < -0.3 is 0 Å². The van der Waals surface area contributed by atoms with Crippen LogP contribution in [-0.4, -0.2) is 0 Å². The average Bonchev–Trinajstić information content (AvgIpc) is 2.53. The summed E-state index contributed by atoms with van der Waals surface area (Å²) in [6.07, 6.45) is 10.9. The largest absolute Gasteiger partial charge is 0.0770 e. The lowest BCUT2D eigenvalue weighted by Crippen LogP contribution is -2.19. The highest BCUT2D eigenvalue weighted by Crippen LogP contribution is 2.17. The van der Waals surface area contributed by atoms with Gasteiger partial charge in [-0.3, -0.25) is 0 Å². The summed E-state index contributed by atoms with van der Waals surface area (Å²) in [4.78, 5) is 0. The molecule has 0 atom stereocenters. The van der Waals surface area contributed by atoms with E-state index in [9.17, 15) is 0 Å². The quantitative estimate of drug-likeness (QED) is 0.739. The molecule has 0 heterocycles. The molecule has 0 aliphatic heterocycles. The zero-order valence-electron chi connectivity index (χ0n) is 12.1. The van der Waals surface area contributed by atoms with Crippen molar-refractivity contribution in [1.29, 1.82) is 0 Å². The first-order chi connectivity index (χ1) is 9.86. The van der Waals surface area contributed by atoms with Crippen molar-refractivity contribution in [2.24, 2.45) is 0 Å². The molecule has 2 aromatic rings. The first kappa shape index (κ1) is 12.0. The van der Waals surface area contributed by atoms with Crippen LogP contribution in [0.25, 0.3) is 12.2 Å². The number of hydrogen-bond acceptors (Lipinski definition) is 0. The summed E-state index contributed by atoms with van der Waals surface area (Å²) in [5.41, 5.74) is 4.63. The second-order valence-corrected chi connectivity index (χ2v) is 5.94. The summed E-state index contributed by atoms with van der Waals surface area (Å²) >= 11 is 0. The van der Waals surface area contributed by atoms with Crippen molar-refractivity contribution in [1.82, 2.24) is 0 Å². The van der Waals surface area contributed by atoms with Crippen molar-refractivity contribution in [3.05, 3.63) is 67.9 Å². The maximum absolute atomic E-state index is 2.42. The molecule has 0 saturated heterocycles. The Bertz CT molecular complexity index is 885. The third kappa shape index (κ3) is 1.75. The fourth-order valence-corrected chi connectivity index (χ4v) is 3.68. The molecule has 0 radical (unpaired) electrons. The minimum atomic E-state index is 1.10. The molecule has 0 heteroatoms. The smallest absolute Gasteiger partial charge is 0.00791 e. The van der Waals surface area contributed by atoms with E-state index in [1.807, 2.05) is 0 Å². The Morgan fingerprint density at radius 3 is 2.70 bits per heavy atom. The minimum Gasteiger partial charge on any atom is -0.0770 e. The number of rotatable bonds is 1. The van der Waals surface area contributed by atoms with E-state index in [2.05, 4.69) is 49.4 Å². The van der Waals surface area contributed by atoms with Gasteiger partial charge in [0.2, 0.25) is 0 Å². The Kier molecular flexibility index (Phi) is 2.77. The molecule has 4 rings (SSSR count). The molecule has 0 bridgehead atoms. The van der Waals surface area contributed by atoms with Gasteiger partial charge in [0.15, 0.2) is 0 Å². The van der Waals surface area contributed by atoms with Crippen molar-refractivity contribution < 1.29 is 0 Å². The Labute approximate surface area is 119 Å². The van der Waals surface area contributed by atoms with Gasteiger partial charge in [0.25, 0.3) is 0 Å². The van der Waals surface area contributed by atoms with Crippen LogP contribution < -0.4 is 10.4 Å². The van der Waals surface area contributed by atoms with Crippen LogP contribution in [0.5, 0.6) is 0 Å². The summed E-state index contributed by atoms with van der Waals surface area (Å²) in [6.45, 7) is 2.23. The molecule has 0 aromatic heterocycles. The first-order valence-electron chi connectivity index (χ1n) is 7.81. The van der Waals surface area contributed by atoms with Gasteiger partial charge in [-0.25, -0.2) is 0 Å². The SMILES string of the molecule is CCc1ccc2c(c1)=CCc1c3c(ccc1=2)=CCCC3. The highest BCUT2D eigenvalue weighted by molar-refractivity contribution is 5.47. The topological polar surface area (TPSA) is 0 Å². The maximum Gasteiger partial charge on any atom is -0.00791 e. The van der Waals surface area contributed by atoms with Crippen LogP contribution in [0.2, 0.25) is 0 Å². The van der Waals surface area contributed by atoms with Crippen LogP contribution in [0.15, 0.2) is 30.3 Å². The van der Waals surface area contributed by atoms with Crippen LogP contribution in [0.4, 0.5) is 0 Å². The molecular formula is C20H20. The molecule has 20 heavy (non-hydrogen) atoms. The van der Waals surface area contributed by atoms with Crippen LogP contribution in [0, 0.1) is 10.4 Å². The van der Waals surface area contributed by atoms with Gasteiger partial charge in [0.1, 0.15) is 0 Å². The molecule has 0 spiro atoms. The lowest BCUT2D eigenvalue weighted by Gasteiger charge is -2.16. The van der Waals surface area contributed by atoms with Crippen molar-refractivity contribution in [2.45, 2.75) is 39.0 Å². The third-order valence-corrected chi connectivity index (χ3v) is 4.80. The fraction of sp³-hybridized carbons (Fsp3) is 0.300. The lowest BCUT2D eigenvalue weighted by molar-refractivity contribution is 0.824. The van der Waals surface area contributed by atoms with Crippen molar-refractivity contribution in [3.63, 3.8) is 0 Å². The molecule has 2 aliphatic carbocycles. The van der Waals surface area contributed by atoms with E-state index in [4.69, 9.17) is 0 Å². The van der Waals surface area contributed by atoms with Crippen molar-refractivity contribution in [2.75, 3.05) is 0 Å². The van der Waals surface area contributed by atoms with Gasteiger partial charge in [-0.2, -0.15) is 0 Å². The van der Waals surface area contributed by atoms with E-state index in [0.717, 1.165) is 12.8 Å². The molecule has 2 aromatic carbocycles. The van der Waals surface area contributed by atoms with E-state index in [1.54, 1.807) is 11.1 Å². The Balaban J connectivity index is 2.14. The number of hydrogen-bond donors (Lipinski definition) is 0. The Morgan fingerprint density at radius 2 is 1.80 bits per heavy atom. The van der Waals surface area contributed by atoms with E-state index < -0.39 is 0 Å². The molecule has 0 fully saturated rings. The second kappa shape index (κ2) is 4.63. The normalized spacial score (nSPS) is 15.4. The van der Waals surface area contributed by atoms with Crippen LogP contribution >= 0.6 is 0 Å². The highest BCUT2D eigenvalue weighted by Gasteiger charge is 2.11. The van der Waals surface area contributed by atoms with Gasteiger partial charge in [0, 0.05) is 0 Å².